The first-order valence-electron chi connectivity index (χ1n) is 5.38. The minimum absolute atomic E-state index is 0.655. The fourth-order valence-corrected chi connectivity index (χ4v) is 2.02. The number of hydrogen-bond acceptors (Lipinski definition) is 2. The Bertz CT molecular complexity index is 141. The zero-order valence-corrected chi connectivity index (χ0v) is 9.23. The van der Waals surface area contributed by atoms with Gasteiger partial charge >= 0.3 is 0 Å². The fourth-order valence-electron chi connectivity index (χ4n) is 2.02. The summed E-state index contributed by atoms with van der Waals surface area (Å²) in [6.07, 6.45) is 4.23. The van der Waals surface area contributed by atoms with Crippen molar-refractivity contribution in [2.24, 2.45) is 11.3 Å². The van der Waals surface area contributed by atoms with Crippen LogP contribution in [0.15, 0.2) is 0 Å². The highest BCUT2D eigenvalue weighted by molar-refractivity contribution is 4.95. The van der Waals surface area contributed by atoms with E-state index in [-0.39, 0.29) is 0 Å². The summed E-state index contributed by atoms with van der Waals surface area (Å²) in [6, 6.07) is 0. The van der Waals surface area contributed by atoms with Gasteiger partial charge in [-0.2, -0.15) is 0 Å². The maximum atomic E-state index is 5.00. The van der Waals surface area contributed by atoms with Crippen molar-refractivity contribution in [3.05, 3.63) is 0 Å². The molecular formula is C11H23NO. The van der Waals surface area contributed by atoms with Crippen LogP contribution in [0.25, 0.3) is 0 Å². The van der Waals surface area contributed by atoms with Gasteiger partial charge in [0, 0.05) is 20.2 Å². The van der Waals surface area contributed by atoms with Crippen molar-refractivity contribution in [1.82, 2.24) is 5.32 Å². The second kappa shape index (κ2) is 4.97. The van der Waals surface area contributed by atoms with Crippen molar-refractivity contribution in [3.8, 4) is 0 Å². The van der Waals surface area contributed by atoms with Gasteiger partial charge in [-0.25, -0.2) is 0 Å². The molecule has 0 saturated heterocycles. The molecule has 1 saturated carbocycles. The van der Waals surface area contributed by atoms with Crippen molar-refractivity contribution in [2.75, 3.05) is 26.8 Å². The summed E-state index contributed by atoms with van der Waals surface area (Å²) in [4.78, 5) is 0. The van der Waals surface area contributed by atoms with Crippen LogP contribution < -0.4 is 5.32 Å². The maximum Gasteiger partial charge on any atom is 0.0587 e. The van der Waals surface area contributed by atoms with Gasteiger partial charge < -0.3 is 10.1 Å². The molecule has 1 rings (SSSR count). The Morgan fingerprint density at radius 3 is 2.54 bits per heavy atom. The van der Waals surface area contributed by atoms with Crippen molar-refractivity contribution in [3.63, 3.8) is 0 Å². The second-order valence-corrected chi connectivity index (χ2v) is 4.77. The van der Waals surface area contributed by atoms with E-state index in [0.29, 0.717) is 5.41 Å². The second-order valence-electron chi connectivity index (χ2n) is 4.77. The van der Waals surface area contributed by atoms with Crippen LogP contribution in [0.5, 0.6) is 0 Å². The van der Waals surface area contributed by atoms with E-state index >= 15 is 0 Å². The van der Waals surface area contributed by atoms with Crippen LogP contribution in [-0.4, -0.2) is 26.8 Å². The van der Waals surface area contributed by atoms with Gasteiger partial charge in [-0.15, -0.1) is 0 Å². The Morgan fingerprint density at radius 2 is 2.08 bits per heavy atom. The predicted octanol–water partition coefficient (Wildman–Crippen LogP) is 2.05. The number of nitrogens with one attached hydrogen (secondary N) is 1. The fraction of sp³-hybridized carbons (Fsp3) is 1.00. The molecule has 0 unspecified atom stereocenters. The molecule has 0 aliphatic heterocycles. The molecule has 2 heteroatoms. The van der Waals surface area contributed by atoms with E-state index in [1.165, 1.54) is 25.8 Å². The lowest BCUT2D eigenvalue weighted by Crippen LogP contribution is -2.27. The van der Waals surface area contributed by atoms with Crippen LogP contribution in [0.4, 0.5) is 0 Å². The van der Waals surface area contributed by atoms with Crippen LogP contribution in [0.3, 0.4) is 0 Å². The number of ether oxygens (including phenoxy) is 1. The topological polar surface area (TPSA) is 21.3 Å². The molecule has 0 aromatic rings. The van der Waals surface area contributed by atoms with Gasteiger partial charge in [0.15, 0.2) is 0 Å². The summed E-state index contributed by atoms with van der Waals surface area (Å²) in [7, 11) is 1.75. The van der Waals surface area contributed by atoms with Gasteiger partial charge in [0.2, 0.25) is 0 Å². The number of rotatable bonds is 7. The first kappa shape index (κ1) is 11.0. The molecule has 1 aliphatic carbocycles. The molecule has 0 bridgehead atoms. The molecular weight excluding hydrogens is 162 g/mol. The molecule has 1 fully saturated rings. The summed E-state index contributed by atoms with van der Waals surface area (Å²) in [6.45, 7) is 7.65. The van der Waals surface area contributed by atoms with Crippen molar-refractivity contribution in [2.45, 2.75) is 33.1 Å². The predicted molar refractivity (Wildman–Crippen MR) is 55.9 cm³/mol. The van der Waals surface area contributed by atoms with E-state index < -0.39 is 0 Å². The Labute approximate surface area is 82.0 Å². The molecule has 0 aromatic heterocycles. The van der Waals surface area contributed by atoms with Crippen molar-refractivity contribution in [1.29, 1.82) is 0 Å². The monoisotopic (exact) mass is 185 g/mol. The van der Waals surface area contributed by atoms with Crippen LogP contribution >= 0.6 is 0 Å². The van der Waals surface area contributed by atoms with Crippen LogP contribution in [0.1, 0.15) is 33.1 Å². The summed E-state index contributed by atoms with van der Waals surface area (Å²) in [5, 5.41) is 3.47. The van der Waals surface area contributed by atoms with Crippen LogP contribution in [0, 0.1) is 11.3 Å². The van der Waals surface area contributed by atoms with Gasteiger partial charge in [0.1, 0.15) is 0 Å². The molecule has 1 aliphatic rings. The molecule has 0 spiro atoms. The molecule has 0 heterocycles. The highest BCUT2D eigenvalue weighted by atomic mass is 16.5. The molecule has 0 amide bonds. The van der Waals surface area contributed by atoms with Gasteiger partial charge in [0.25, 0.3) is 0 Å². The van der Waals surface area contributed by atoms with Crippen LogP contribution in [-0.2, 0) is 4.74 Å². The van der Waals surface area contributed by atoms with Gasteiger partial charge in [-0.3, -0.25) is 0 Å². The Morgan fingerprint density at radius 1 is 1.38 bits per heavy atom. The quantitative estimate of drug-likeness (QED) is 0.613. The molecule has 2 nitrogen and oxygen atoms in total. The Balaban J connectivity index is 2.06. The number of hydrogen-bond donors (Lipinski definition) is 1. The minimum Gasteiger partial charge on any atom is -0.383 e. The maximum absolute atomic E-state index is 5.00. The van der Waals surface area contributed by atoms with Gasteiger partial charge in [-0.1, -0.05) is 13.8 Å². The molecule has 0 aromatic carbocycles. The standard InChI is InChI=1S/C11H23NO/c1-10(2)8-11(4-5-11)9-12-6-7-13-3/h10,12H,4-9H2,1-3H3. The van der Waals surface area contributed by atoms with Gasteiger partial charge in [0.05, 0.1) is 6.61 Å². The van der Waals surface area contributed by atoms with Gasteiger partial charge in [-0.05, 0) is 30.6 Å². The van der Waals surface area contributed by atoms with Crippen LogP contribution in [0.2, 0.25) is 0 Å². The lowest BCUT2D eigenvalue weighted by molar-refractivity contribution is 0.196. The summed E-state index contributed by atoms with van der Waals surface area (Å²) in [5.41, 5.74) is 0.655. The Kier molecular flexibility index (Phi) is 4.20. The molecule has 1 N–H and O–H groups in total. The van der Waals surface area contributed by atoms with E-state index in [4.69, 9.17) is 4.74 Å². The first-order valence-corrected chi connectivity index (χ1v) is 5.38. The average Bonchev–Trinajstić information content (AvgIpc) is 2.78. The minimum atomic E-state index is 0.655. The zero-order chi connectivity index (χ0) is 9.73. The van der Waals surface area contributed by atoms with E-state index in [0.717, 1.165) is 19.1 Å². The Hall–Kier alpha value is -0.0800. The third kappa shape index (κ3) is 4.10. The van der Waals surface area contributed by atoms with E-state index in [2.05, 4.69) is 19.2 Å². The lowest BCUT2D eigenvalue weighted by atomic mass is 9.94. The van der Waals surface area contributed by atoms with E-state index in [1.807, 2.05) is 0 Å². The summed E-state index contributed by atoms with van der Waals surface area (Å²) >= 11 is 0. The molecule has 0 atom stereocenters. The number of methoxy groups -OCH3 is 1. The largest absolute Gasteiger partial charge is 0.383 e. The van der Waals surface area contributed by atoms with E-state index in [1.54, 1.807) is 7.11 Å². The zero-order valence-electron chi connectivity index (χ0n) is 9.23. The SMILES string of the molecule is COCCNCC1(CC(C)C)CC1. The third-order valence-electron chi connectivity index (χ3n) is 2.78. The highest BCUT2D eigenvalue weighted by Gasteiger charge is 2.41. The first-order chi connectivity index (χ1) is 6.18. The molecule has 0 radical (unpaired) electrons. The normalized spacial score (nSPS) is 19.4. The summed E-state index contributed by atoms with van der Waals surface area (Å²) < 4.78 is 5.00. The van der Waals surface area contributed by atoms with Crippen molar-refractivity contribution >= 4 is 0 Å². The molecule has 78 valence electrons. The van der Waals surface area contributed by atoms with Crippen molar-refractivity contribution < 1.29 is 4.74 Å². The smallest absolute Gasteiger partial charge is 0.0587 e. The molecule has 13 heavy (non-hydrogen) atoms. The summed E-state index contributed by atoms with van der Waals surface area (Å²) in [5.74, 6) is 0.840. The third-order valence-corrected chi connectivity index (χ3v) is 2.78. The lowest BCUT2D eigenvalue weighted by Gasteiger charge is -2.17. The highest BCUT2D eigenvalue weighted by Crippen LogP contribution is 2.49. The average molecular weight is 185 g/mol. The van der Waals surface area contributed by atoms with E-state index in [9.17, 15) is 0 Å².